The van der Waals surface area contributed by atoms with Crippen molar-refractivity contribution in [2.75, 3.05) is 19.8 Å². The van der Waals surface area contributed by atoms with Crippen molar-refractivity contribution in [2.45, 2.75) is 31.6 Å². The summed E-state index contributed by atoms with van der Waals surface area (Å²) in [6, 6.07) is 0. The molecule has 2 atom stereocenters. The maximum absolute atomic E-state index is 5.59. The molecule has 2 heterocycles. The first-order chi connectivity index (χ1) is 7.31. The predicted octanol–water partition coefficient (Wildman–Crippen LogP) is 1.63. The Labute approximate surface area is 89.8 Å². The van der Waals surface area contributed by atoms with Gasteiger partial charge in [0, 0.05) is 19.1 Å². The lowest BCUT2D eigenvalue weighted by Gasteiger charge is -2.18. The van der Waals surface area contributed by atoms with Gasteiger partial charge in [0.2, 0.25) is 0 Å². The summed E-state index contributed by atoms with van der Waals surface area (Å²) in [5.74, 6) is 1.41. The summed E-state index contributed by atoms with van der Waals surface area (Å²) in [6.07, 6.45) is 3.92. The minimum Gasteiger partial charge on any atom is -0.448 e. The van der Waals surface area contributed by atoms with Gasteiger partial charge in [0.1, 0.15) is 6.26 Å². The molecule has 4 nitrogen and oxygen atoms in total. The second kappa shape index (κ2) is 4.77. The Balaban J connectivity index is 2.05. The normalized spacial score (nSPS) is 24.0. The zero-order valence-electron chi connectivity index (χ0n) is 9.11. The summed E-state index contributed by atoms with van der Waals surface area (Å²) < 4.78 is 10.9. The van der Waals surface area contributed by atoms with Crippen molar-refractivity contribution >= 4 is 0 Å². The first-order valence-corrected chi connectivity index (χ1v) is 5.54. The van der Waals surface area contributed by atoms with E-state index in [1.165, 1.54) is 0 Å². The lowest BCUT2D eigenvalue weighted by atomic mass is 10.0. The van der Waals surface area contributed by atoms with E-state index in [9.17, 15) is 0 Å². The predicted molar refractivity (Wildman–Crippen MR) is 56.8 cm³/mol. The molecule has 0 saturated carbocycles. The van der Waals surface area contributed by atoms with Crippen LogP contribution in [0.25, 0.3) is 0 Å². The monoisotopic (exact) mass is 210 g/mol. The molecule has 15 heavy (non-hydrogen) atoms. The van der Waals surface area contributed by atoms with E-state index >= 15 is 0 Å². The fraction of sp³-hybridized carbons (Fsp3) is 0.727. The Morgan fingerprint density at radius 2 is 2.53 bits per heavy atom. The van der Waals surface area contributed by atoms with Crippen LogP contribution in [0.15, 0.2) is 10.7 Å². The molecule has 1 aromatic rings. The standard InChI is InChI=1S/C11H18N2O2/c1-8(5-12)10-7-15-11(13-10)9-3-2-4-14-6-9/h7-9H,2-6,12H2,1H3. The number of hydrogen-bond acceptors (Lipinski definition) is 4. The van der Waals surface area contributed by atoms with Crippen molar-refractivity contribution in [3.63, 3.8) is 0 Å². The molecule has 1 aromatic heterocycles. The number of nitrogens with zero attached hydrogens (tertiary/aromatic N) is 1. The van der Waals surface area contributed by atoms with Crippen molar-refractivity contribution in [1.29, 1.82) is 0 Å². The van der Waals surface area contributed by atoms with Gasteiger partial charge in [-0.05, 0) is 12.8 Å². The van der Waals surface area contributed by atoms with E-state index in [1.54, 1.807) is 6.26 Å². The summed E-state index contributed by atoms with van der Waals surface area (Å²) in [5.41, 5.74) is 6.54. The topological polar surface area (TPSA) is 61.3 Å². The third-order valence-electron chi connectivity index (χ3n) is 2.91. The number of ether oxygens (including phenoxy) is 1. The molecule has 2 unspecified atom stereocenters. The number of aromatic nitrogens is 1. The van der Waals surface area contributed by atoms with Crippen LogP contribution in [0.5, 0.6) is 0 Å². The molecule has 2 N–H and O–H groups in total. The summed E-state index contributed by atoms with van der Waals surface area (Å²) in [4.78, 5) is 4.48. The molecule has 1 aliphatic rings. The molecule has 1 saturated heterocycles. The Kier molecular flexibility index (Phi) is 3.38. The Bertz CT molecular complexity index is 305. The lowest BCUT2D eigenvalue weighted by Crippen LogP contribution is -2.16. The molecule has 0 bridgehead atoms. The Morgan fingerprint density at radius 3 is 3.20 bits per heavy atom. The summed E-state index contributed by atoms with van der Waals surface area (Å²) >= 11 is 0. The summed E-state index contributed by atoms with van der Waals surface area (Å²) in [5, 5.41) is 0. The highest BCUT2D eigenvalue weighted by molar-refractivity contribution is 5.06. The Morgan fingerprint density at radius 1 is 1.67 bits per heavy atom. The number of hydrogen-bond donors (Lipinski definition) is 1. The summed E-state index contributed by atoms with van der Waals surface area (Å²) in [7, 11) is 0. The van der Waals surface area contributed by atoms with E-state index < -0.39 is 0 Å². The van der Waals surface area contributed by atoms with Crippen molar-refractivity contribution in [3.05, 3.63) is 17.8 Å². The fourth-order valence-corrected chi connectivity index (χ4v) is 1.77. The van der Waals surface area contributed by atoms with Gasteiger partial charge in [0.15, 0.2) is 5.89 Å². The van der Waals surface area contributed by atoms with Gasteiger partial charge in [-0.25, -0.2) is 4.98 Å². The number of nitrogens with two attached hydrogens (primary N) is 1. The average Bonchev–Trinajstić information content (AvgIpc) is 2.78. The highest BCUT2D eigenvalue weighted by atomic mass is 16.5. The number of rotatable bonds is 3. The van der Waals surface area contributed by atoms with E-state index in [-0.39, 0.29) is 5.92 Å². The molecular weight excluding hydrogens is 192 g/mol. The molecular formula is C11H18N2O2. The molecule has 0 spiro atoms. The second-order valence-electron chi connectivity index (χ2n) is 4.16. The number of oxazole rings is 1. The zero-order valence-corrected chi connectivity index (χ0v) is 9.11. The average molecular weight is 210 g/mol. The smallest absolute Gasteiger partial charge is 0.199 e. The van der Waals surface area contributed by atoms with Crippen LogP contribution < -0.4 is 5.73 Å². The van der Waals surface area contributed by atoms with Crippen LogP contribution in [0, 0.1) is 0 Å². The first kappa shape index (κ1) is 10.6. The molecule has 1 aliphatic heterocycles. The maximum Gasteiger partial charge on any atom is 0.199 e. The fourth-order valence-electron chi connectivity index (χ4n) is 1.77. The van der Waals surface area contributed by atoms with Gasteiger partial charge < -0.3 is 14.9 Å². The second-order valence-corrected chi connectivity index (χ2v) is 4.16. The largest absolute Gasteiger partial charge is 0.448 e. The molecule has 0 aromatic carbocycles. The summed E-state index contributed by atoms with van der Waals surface area (Å²) in [6.45, 7) is 4.26. The molecule has 0 radical (unpaired) electrons. The molecule has 0 amide bonds. The zero-order chi connectivity index (χ0) is 10.7. The van der Waals surface area contributed by atoms with Crippen LogP contribution in [0.2, 0.25) is 0 Å². The molecule has 84 valence electrons. The third kappa shape index (κ3) is 2.38. The van der Waals surface area contributed by atoms with Crippen molar-refractivity contribution in [3.8, 4) is 0 Å². The third-order valence-corrected chi connectivity index (χ3v) is 2.91. The molecule has 0 aliphatic carbocycles. The van der Waals surface area contributed by atoms with Gasteiger partial charge >= 0.3 is 0 Å². The van der Waals surface area contributed by atoms with Gasteiger partial charge in [-0.15, -0.1) is 0 Å². The van der Waals surface area contributed by atoms with Gasteiger partial charge in [-0.3, -0.25) is 0 Å². The van der Waals surface area contributed by atoms with Crippen molar-refractivity contribution in [1.82, 2.24) is 4.98 Å². The maximum atomic E-state index is 5.59. The van der Waals surface area contributed by atoms with E-state index in [2.05, 4.69) is 11.9 Å². The van der Waals surface area contributed by atoms with Gasteiger partial charge in [-0.2, -0.15) is 0 Å². The minimum atomic E-state index is 0.270. The molecule has 2 rings (SSSR count). The van der Waals surface area contributed by atoms with Crippen molar-refractivity contribution < 1.29 is 9.15 Å². The van der Waals surface area contributed by atoms with E-state index in [1.807, 2.05) is 0 Å². The minimum absolute atomic E-state index is 0.270. The van der Waals surface area contributed by atoms with E-state index in [4.69, 9.17) is 14.9 Å². The van der Waals surface area contributed by atoms with E-state index in [0.717, 1.165) is 37.6 Å². The van der Waals surface area contributed by atoms with Gasteiger partial charge in [0.05, 0.1) is 18.2 Å². The van der Waals surface area contributed by atoms with Crippen LogP contribution in [0.4, 0.5) is 0 Å². The van der Waals surface area contributed by atoms with Crippen LogP contribution in [-0.4, -0.2) is 24.7 Å². The quantitative estimate of drug-likeness (QED) is 0.823. The molecule has 4 heteroatoms. The molecule has 1 fully saturated rings. The Hall–Kier alpha value is -0.870. The van der Waals surface area contributed by atoms with Crippen LogP contribution >= 0.6 is 0 Å². The van der Waals surface area contributed by atoms with Crippen molar-refractivity contribution in [2.24, 2.45) is 5.73 Å². The van der Waals surface area contributed by atoms with Gasteiger partial charge in [0.25, 0.3) is 0 Å². The first-order valence-electron chi connectivity index (χ1n) is 5.54. The van der Waals surface area contributed by atoms with Crippen LogP contribution in [-0.2, 0) is 4.74 Å². The lowest BCUT2D eigenvalue weighted by molar-refractivity contribution is 0.0725. The highest BCUT2D eigenvalue weighted by Crippen LogP contribution is 2.26. The highest BCUT2D eigenvalue weighted by Gasteiger charge is 2.21. The SMILES string of the molecule is CC(CN)c1coc(C2CCCOC2)n1. The van der Waals surface area contributed by atoms with E-state index in [0.29, 0.717) is 12.5 Å². The van der Waals surface area contributed by atoms with Gasteiger partial charge in [-0.1, -0.05) is 6.92 Å². The van der Waals surface area contributed by atoms with Crippen LogP contribution in [0.3, 0.4) is 0 Å². The van der Waals surface area contributed by atoms with Crippen LogP contribution in [0.1, 0.15) is 43.2 Å².